The van der Waals surface area contributed by atoms with Crippen LogP contribution in [0.4, 0.5) is 0 Å². The van der Waals surface area contributed by atoms with Crippen LogP contribution in [0.2, 0.25) is 0 Å². The van der Waals surface area contributed by atoms with Gasteiger partial charge in [0.1, 0.15) is 0 Å². The van der Waals surface area contributed by atoms with E-state index in [-0.39, 0.29) is 0 Å². The third-order valence-corrected chi connectivity index (χ3v) is 3.03. The van der Waals surface area contributed by atoms with Gasteiger partial charge in [0.05, 0.1) is 18.3 Å². The largest absolute Gasteiger partial charge is 0.439 e. The molecule has 0 saturated carbocycles. The van der Waals surface area contributed by atoms with Gasteiger partial charge in [-0.25, -0.2) is 4.98 Å². The van der Waals surface area contributed by atoms with E-state index in [2.05, 4.69) is 16.8 Å². The average Bonchev–Trinajstić information content (AvgIpc) is 2.86. The van der Waals surface area contributed by atoms with E-state index in [1.54, 1.807) is 20.0 Å². The molecule has 0 saturated heterocycles. The fourth-order valence-corrected chi connectivity index (χ4v) is 2.14. The lowest BCUT2D eigenvalue weighted by atomic mass is 10.1. The molecule has 0 spiro atoms. The Morgan fingerprint density at radius 3 is 2.55 bits per heavy atom. The van der Waals surface area contributed by atoms with Gasteiger partial charge in [0.2, 0.25) is 5.89 Å². The lowest BCUT2D eigenvalue weighted by Gasteiger charge is -2.26. The highest BCUT2D eigenvalue weighted by atomic mass is 16.4. The maximum atomic E-state index is 9.89. The molecule has 0 unspecified atom stereocenters. The van der Waals surface area contributed by atoms with Crippen LogP contribution in [0.25, 0.3) is 11.3 Å². The molecule has 0 aliphatic carbocycles. The molecule has 0 fully saturated rings. The van der Waals surface area contributed by atoms with Gasteiger partial charge in [-0.1, -0.05) is 37.3 Å². The van der Waals surface area contributed by atoms with Gasteiger partial charge < -0.3 is 9.52 Å². The van der Waals surface area contributed by atoms with Crippen molar-refractivity contribution in [3.63, 3.8) is 0 Å². The topological polar surface area (TPSA) is 49.5 Å². The molecular weight excluding hydrogens is 252 g/mol. The summed E-state index contributed by atoms with van der Waals surface area (Å²) in [7, 11) is 0. The Bertz CT molecular complexity index is 529. The van der Waals surface area contributed by atoms with Crippen molar-refractivity contribution in [3.05, 3.63) is 42.4 Å². The standard InChI is InChI=1S/C16H22N2O2/c1-4-18(12-16(2,3)19)11-15-17-10-14(20-15)13-8-6-5-7-9-13/h5-10,19H,4,11-12H2,1-3H3. The van der Waals surface area contributed by atoms with Crippen LogP contribution in [0.15, 0.2) is 40.9 Å². The quantitative estimate of drug-likeness (QED) is 0.880. The number of likely N-dealkylation sites (N-methyl/N-ethyl adjacent to an activating group) is 1. The number of rotatable bonds is 6. The maximum absolute atomic E-state index is 9.89. The van der Waals surface area contributed by atoms with E-state index >= 15 is 0 Å². The van der Waals surface area contributed by atoms with E-state index in [9.17, 15) is 5.11 Å². The van der Waals surface area contributed by atoms with Gasteiger partial charge in [0.25, 0.3) is 0 Å². The molecule has 0 radical (unpaired) electrons. The summed E-state index contributed by atoms with van der Waals surface area (Å²) in [6.07, 6.45) is 1.75. The highest BCUT2D eigenvalue weighted by molar-refractivity contribution is 5.55. The Morgan fingerprint density at radius 2 is 1.95 bits per heavy atom. The predicted octanol–water partition coefficient (Wildman–Crippen LogP) is 2.93. The lowest BCUT2D eigenvalue weighted by molar-refractivity contribution is 0.0329. The molecule has 0 aliphatic heterocycles. The smallest absolute Gasteiger partial charge is 0.209 e. The second-order valence-electron chi connectivity index (χ2n) is 5.60. The van der Waals surface area contributed by atoms with E-state index in [0.717, 1.165) is 17.9 Å². The Labute approximate surface area is 120 Å². The van der Waals surface area contributed by atoms with Crippen LogP contribution in [-0.4, -0.2) is 33.7 Å². The summed E-state index contributed by atoms with van der Waals surface area (Å²) in [5.41, 5.74) is 0.307. The number of aliphatic hydroxyl groups is 1. The van der Waals surface area contributed by atoms with Crippen molar-refractivity contribution in [2.24, 2.45) is 0 Å². The van der Waals surface area contributed by atoms with Gasteiger partial charge in [0.15, 0.2) is 5.76 Å². The van der Waals surface area contributed by atoms with Crippen LogP contribution in [0.1, 0.15) is 26.7 Å². The number of nitrogens with zero attached hydrogens (tertiary/aromatic N) is 2. The molecule has 2 rings (SSSR count). The highest BCUT2D eigenvalue weighted by Crippen LogP contribution is 2.20. The summed E-state index contributed by atoms with van der Waals surface area (Å²) >= 11 is 0. The first-order valence-corrected chi connectivity index (χ1v) is 6.93. The summed E-state index contributed by atoms with van der Waals surface area (Å²) < 4.78 is 5.78. The van der Waals surface area contributed by atoms with E-state index in [1.807, 2.05) is 30.3 Å². The van der Waals surface area contributed by atoms with Crippen molar-refractivity contribution < 1.29 is 9.52 Å². The van der Waals surface area contributed by atoms with Crippen LogP contribution in [0, 0.1) is 0 Å². The minimum absolute atomic E-state index is 0.590. The Kier molecular flexibility index (Phi) is 4.57. The van der Waals surface area contributed by atoms with Gasteiger partial charge in [-0.15, -0.1) is 0 Å². The monoisotopic (exact) mass is 274 g/mol. The summed E-state index contributed by atoms with van der Waals surface area (Å²) in [6.45, 7) is 7.71. The van der Waals surface area contributed by atoms with Crippen molar-refractivity contribution >= 4 is 0 Å². The first-order chi connectivity index (χ1) is 9.48. The molecule has 0 aliphatic rings. The molecule has 1 N–H and O–H groups in total. The Hall–Kier alpha value is -1.65. The second kappa shape index (κ2) is 6.20. The van der Waals surface area contributed by atoms with Crippen molar-refractivity contribution in [3.8, 4) is 11.3 Å². The maximum Gasteiger partial charge on any atom is 0.209 e. The van der Waals surface area contributed by atoms with Crippen molar-refractivity contribution in [1.82, 2.24) is 9.88 Å². The summed E-state index contributed by atoms with van der Waals surface area (Å²) in [5.74, 6) is 1.45. The number of oxazole rings is 1. The highest BCUT2D eigenvalue weighted by Gasteiger charge is 2.19. The second-order valence-corrected chi connectivity index (χ2v) is 5.60. The van der Waals surface area contributed by atoms with E-state index in [0.29, 0.717) is 19.0 Å². The third kappa shape index (κ3) is 4.18. The minimum Gasteiger partial charge on any atom is -0.439 e. The molecule has 4 nitrogen and oxygen atoms in total. The number of hydrogen-bond acceptors (Lipinski definition) is 4. The molecule has 1 aromatic heterocycles. The molecule has 4 heteroatoms. The number of aromatic nitrogens is 1. The predicted molar refractivity (Wildman–Crippen MR) is 79.2 cm³/mol. The molecular formula is C16H22N2O2. The molecule has 0 bridgehead atoms. The number of hydrogen-bond donors (Lipinski definition) is 1. The van der Waals surface area contributed by atoms with Crippen LogP contribution in [0.3, 0.4) is 0 Å². The Morgan fingerprint density at radius 1 is 1.25 bits per heavy atom. The van der Waals surface area contributed by atoms with E-state index in [1.165, 1.54) is 0 Å². The zero-order valence-electron chi connectivity index (χ0n) is 12.3. The van der Waals surface area contributed by atoms with Gasteiger partial charge in [0, 0.05) is 12.1 Å². The SMILES string of the molecule is CCN(Cc1ncc(-c2ccccc2)o1)CC(C)(C)O. The summed E-state index contributed by atoms with van der Waals surface area (Å²) in [6, 6.07) is 9.93. The molecule has 1 aromatic carbocycles. The summed E-state index contributed by atoms with van der Waals surface area (Å²) in [5, 5.41) is 9.89. The zero-order valence-corrected chi connectivity index (χ0v) is 12.3. The molecule has 1 heterocycles. The first-order valence-electron chi connectivity index (χ1n) is 6.93. The zero-order chi connectivity index (χ0) is 14.6. The van der Waals surface area contributed by atoms with E-state index < -0.39 is 5.60 Å². The molecule has 108 valence electrons. The lowest BCUT2D eigenvalue weighted by Crippen LogP contribution is -2.38. The van der Waals surface area contributed by atoms with Crippen molar-refractivity contribution in [2.45, 2.75) is 32.9 Å². The first kappa shape index (κ1) is 14.8. The molecule has 0 atom stereocenters. The minimum atomic E-state index is -0.717. The molecule has 20 heavy (non-hydrogen) atoms. The van der Waals surface area contributed by atoms with Crippen molar-refractivity contribution in [2.75, 3.05) is 13.1 Å². The normalized spacial score (nSPS) is 12.1. The van der Waals surface area contributed by atoms with Gasteiger partial charge >= 0.3 is 0 Å². The van der Waals surface area contributed by atoms with Crippen LogP contribution < -0.4 is 0 Å². The van der Waals surface area contributed by atoms with Gasteiger partial charge in [-0.2, -0.15) is 0 Å². The number of benzene rings is 1. The fourth-order valence-electron chi connectivity index (χ4n) is 2.14. The Balaban J connectivity index is 2.05. The van der Waals surface area contributed by atoms with Crippen LogP contribution in [0.5, 0.6) is 0 Å². The van der Waals surface area contributed by atoms with Gasteiger partial charge in [-0.05, 0) is 20.4 Å². The van der Waals surface area contributed by atoms with Gasteiger partial charge in [-0.3, -0.25) is 4.90 Å². The van der Waals surface area contributed by atoms with E-state index in [4.69, 9.17) is 4.42 Å². The fraction of sp³-hybridized carbons (Fsp3) is 0.438. The summed E-state index contributed by atoms with van der Waals surface area (Å²) in [4.78, 5) is 6.43. The molecule has 2 aromatic rings. The average molecular weight is 274 g/mol. The van der Waals surface area contributed by atoms with Crippen LogP contribution in [-0.2, 0) is 6.54 Å². The van der Waals surface area contributed by atoms with Crippen molar-refractivity contribution in [1.29, 1.82) is 0 Å². The van der Waals surface area contributed by atoms with Crippen LogP contribution >= 0.6 is 0 Å². The molecule has 0 amide bonds. The third-order valence-electron chi connectivity index (χ3n) is 3.03.